The van der Waals surface area contributed by atoms with Crippen LogP contribution in [0.1, 0.15) is 18.4 Å². The molecule has 0 bridgehead atoms. The Kier molecular flexibility index (Phi) is 6.57. The predicted molar refractivity (Wildman–Crippen MR) is 110 cm³/mol. The van der Waals surface area contributed by atoms with E-state index in [1.807, 2.05) is 36.3 Å². The highest BCUT2D eigenvalue weighted by Gasteiger charge is 2.21. The molecule has 1 aromatic heterocycles. The number of aliphatic imine (C=N–C) groups is 1. The first-order valence-electron chi connectivity index (χ1n) is 9.53. The highest BCUT2D eigenvalue weighted by atomic mass is 16.5. The maximum absolute atomic E-state index is 5.36. The predicted octanol–water partition coefficient (Wildman–Crippen LogP) is 2.03. The van der Waals surface area contributed by atoms with Crippen molar-refractivity contribution < 1.29 is 4.74 Å². The van der Waals surface area contributed by atoms with E-state index >= 15 is 0 Å². The number of hydrogen-bond acceptors (Lipinski definition) is 4. The number of rotatable bonds is 6. The van der Waals surface area contributed by atoms with E-state index in [2.05, 4.69) is 44.7 Å². The minimum Gasteiger partial charge on any atom is -0.497 e. The summed E-state index contributed by atoms with van der Waals surface area (Å²) in [5.74, 6) is 1.74. The molecule has 0 radical (unpaired) electrons. The summed E-state index contributed by atoms with van der Waals surface area (Å²) >= 11 is 0. The number of anilines is 1. The third kappa shape index (κ3) is 5.39. The van der Waals surface area contributed by atoms with Gasteiger partial charge in [0, 0.05) is 50.7 Å². The first-order valence-corrected chi connectivity index (χ1v) is 9.53. The average Bonchev–Trinajstić information content (AvgIpc) is 3.12. The highest BCUT2D eigenvalue weighted by Crippen LogP contribution is 2.24. The Bertz CT molecular complexity index is 756. The maximum Gasteiger partial charge on any atom is 0.191 e. The van der Waals surface area contributed by atoms with E-state index in [9.17, 15) is 0 Å². The zero-order valence-corrected chi connectivity index (χ0v) is 16.5. The minimum absolute atomic E-state index is 0.364. The van der Waals surface area contributed by atoms with Crippen LogP contribution in [-0.2, 0) is 6.54 Å². The van der Waals surface area contributed by atoms with Gasteiger partial charge in [-0.1, -0.05) is 6.07 Å². The van der Waals surface area contributed by atoms with Crippen molar-refractivity contribution >= 4 is 11.6 Å². The Hall–Kier alpha value is -2.70. The SMILES string of the molecule is CN=C(NCCn1cc(C)cn1)NC1CCCN(c2cccc(OC)c2)C1. The number of benzene rings is 1. The molecule has 3 rings (SSSR count). The fourth-order valence-corrected chi connectivity index (χ4v) is 3.40. The Morgan fingerprint density at radius 3 is 3.04 bits per heavy atom. The first kappa shape index (κ1) is 19.1. The van der Waals surface area contributed by atoms with Gasteiger partial charge >= 0.3 is 0 Å². The van der Waals surface area contributed by atoms with Crippen LogP contribution in [0.5, 0.6) is 5.75 Å². The quantitative estimate of drug-likeness (QED) is 0.602. The van der Waals surface area contributed by atoms with Crippen molar-refractivity contribution in [3.8, 4) is 5.75 Å². The van der Waals surface area contributed by atoms with Crippen LogP contribution in [0.25, 0.3) is 0 Å². The number of nitrogens with one attached hydrogen (secondary N) is 2. The van der Waals surface area contributed by atoms with Gasteiger partial charge in [0.15, 0.2) is 5.96 Å². The van der Waals surface area contributed by atoms with Gasteiger partial charge in [0.25, 0.3) is 0 Å². The molecular formula is C20H30N6O. The van der Waals surface area contributed by atoms with Gasteiger partial charge in [0.05, 0.1) is 19.9 Å². The number of guanidine groups is 1. The summed E-state index contributed by atoms with van der Waals surface area (Å²) in [6.07, 6.45) is 6.21. The maximum atomic E-state index is 5.36. The number of nitrogens with zero attached hydrogens (tertiary/aromatic N) is 4. The molecule has 27 heavy (non-hydrogen) atoms. The molecule has 1 fully saturated rings. The number of hydrogen-bond donors (Lipinski definition) is 2. The summed E-state index contributed by atoms with van der Waals surface area (Å²) in [5, 5.41) is 11.3. The molecule has 0 saturated carbocycles. The molecule has 1 atom stereocenters. The molecule has 7 nitrogen and oxygen atoms in total. The highest BCUT2D eigenvalue weighted by molar-refractivity contribution is 5.80. The zero-order valence-electron chi connectivity index (χ0n) is 16.5. The molecule has 2 aromatic rings. The molecule has 1 aromatic carbocycles. The van der Waals surface area contributed by atoms with E-state index in [0.29, 0.717) is 6.04 Å². The lowest BCUT2D eigenvalue weighted by atomic mass is 10.0. The molecule has 146 valence electrons. The van der Waals surface area contributed by atoms with Crippen LogP contribution in [-0.4, -0.2) is 55.6 Å². The Labute approximate surface area is 161 Å². The van der Waals surface area contributed by atoms with Crippen molar-refractivity contribution in [2.75, 3.05) is 38.7 Å². The summed E-state index contributed by atoms with van der Waals surface area (Å²) < 4.78 is 7.30. The van der Waals surface area contributed by atoms with Crippen molar-refractivity contribution in [1.29, 1.82) is 0 Å². The summed E-state index contributed by atoms with van der Waals surface area (Å²) in [6.45, 7) is 5.67. The molecule has 2 heterocycles. The average molecular weight is 371 g/mol. The van der Waals surface area contributed by atoms with E-state index in [1.54, 1.807) is 7.11 Å². The molecule has 0 spiro atoms. The monoisotopic (exact) mass is 370 g/mol. The summed E-state index contributed by atoms with van der Waals surface area (Å²) in [5.41, 5.74) is 2.38. The molecule has 1 unspecified atom stereocenters. The molecule has 0 aliphatic carbocycles. The van der Waals surface area contributed by atoms with Crippen LogP contribution < -0.4 is 20.3 Å². The molecule has 1 aliphatic rings. The van der Waals surface area contributed by atoms with Gasteiger partial charge in [0.2, 0.25) is 0 Å². The van der Waals surface area contributed by atoms with Crippen LogP contribution in [0, 0.1) is 6.92 Å². The zero-order chi connectivity index (χ0) is 19.1. The van der Waals surface area contributed by atoms with Crippen LogP contribution in [0.15, 0.2) is 41.7 Å². The number of aromatic nitrogens is 2. The van der Waals surface area contributed by atoms with Gasteiger partial charge in [-0.05, 0) is 37.5 Å². The topological polar surface area (TPSA) is 66.7 Å². The molecule has 1 saturated heterocycles. The van der Waals surface area contributed by atoms with Crippen molar-refractivity contribution in [1.82, 2.24) is 20.4 Å². The van der Waals surface area contributed by atoms with E-state index in [4.69, 9.17) is 4.74 Å². The molecule has 1 aliphatic heterocycles. The van der Waals surface area contributed by atoms with Crippen molar-refractivity contribution in [3.05, 3.63) is 42.2 Å². The van der Waals surface area contributed by atoms with Crippen LogP contribution in [0.2, 0.25) is 0 Å². The first-order chi connectivity index (χ1) is 13.2. The normalized spacial score (nSPS) is 17.7. The Morgan fingerprint density at radius 2 is 2.30 bits per heavy atom. The third-order valence-electron chi connectivity index (χ3n) is 4.80. The van der Waals surface area contributed by atoms with Gasteiger partial charge in [-0.2, -0.15) is 5.10 Å². The minimum atomic E-state index is 0.364. The van der Waals surface area contributed by atoms with Crippen molar-refractivity contribution in [2.24, 2.45) is 4.99 Å². The standard InChI is InChI=1S/C20H30N6O/c1-16-13-23-26(14-16)11-9-22-20(21-2)24-17-6-5-10-25(15-17)18-7-4-8-19(12-18)27-3/h4,7-8,12-14,17H,5-6,9-11,15H2,1-3H3,(H2,21,22,24). The van der Waals surface area contributed by atoms with Gasteiger partial charge in [-0.15, -0.1) is 0 Å². The fraction of sp³-hybridized carbons (Fsp3) is 0.500. The lowest BCUT2D eigenvalue weighted by Crippen LogP contribution is -2.51. The van der Waals surface area contributed by atoms with Gasteiger partial charge < -0.3 is 20.3 Å². The summed E-state index contributed by atoms with van der Waals surface area (Å²) in [4.78, 5) is 6.78. The number of ether oxygens (including phenoxy) is 1. The number of methoxy groups -OCH3 is 1. The van der Waals surface area contributed by atoms with Gasteiger partial charge in [0.1, 0.15) is 5.75 Å². The largest absolute Gasteiger partial charge is 0.497 e. The smallest absolute Gasteiger partial charge is 0.191 e. The third-order valence-corrected chi connectivity index (χ3v) is 4.80. The molecule has 7 heteroatoms. The van der Waals surface area contributed by atoms with Gasteiger partial charge in [-0.25, -0.2) is 0 Å². The number of piperidine rings is 1. The summed E-state index contributed by atoms with van der Waals surface area (Å²) in [7, 11) is 3.52. The lowest BCUT2D eigenvalue weighted by Gasteiger charge is -2.35. The molecular weight excluding hydrogens is 340 g/mol. The van der Waals surface area contributed by atoms with Crippen LogP contribution in [0.3, 0.4) is 0 Å². The lowest BCUT2D eigenvalue weighted by molar-refractivity contribution is 0.414. The summed E-state index contributed by atoms with van der Waals surface area (Å²) in [6, 6.07) is 8.63. The number of aryl methyl sites for hydroxylation is 1. The second kappa shape index (κ2) is 9.30. The van der Waals surface area contributed by atoms with E-state index in [-0.39, 0.29) is 0 Å². The Morgan fingerprint density at radius 1 is 1.41 bits per heavy atom. The van der Waals surface area contributed by atoms with E-state index in [1.165, 1.54) is 11.3 Å². The van der Waals surface area contributed by atoms with E-state index < -0.39 is 0 Å². The van der Waals surface area contributed by atoms with E-state index in [0.717, 1.165) is 50.7 Å². The van der Waals surface area contributed by atoms with Crippen molar-refractivity contribution in [2.45, 2.75) is 32.4 Å². The second-order valence-electron chi connectivity index (χ2n) is 6.91. The molecule has 0 amide bonds. The van der Waals surface area contributed by atoms with Crippen LogP contribution in [0.4, 0.5) is 5.69 Å². The van der Waals surface area contributed by atoms with Crippen molar-refractivity contribution in [3.63, 3.8) is 0 Å². The van der Waals surface area contributed by atoms with Gasteiger partial charge in [-0.3, -0.25) is 9.67 Å². The Balaban J connectivity index is 1.50. The second-order valence-corrected chi connectivity index (χ2v) is 6.91. The molecule has 2 N–H and O–H groups in total. The fourth-order valence-electron chi connectivity index (χ4n) is 3.40. The van der Waals surface area contributed by atoms with Crippen LogP contribution >= 0.6 is 0 Å².